The van der Waals surface area contributed by atoms with Crippen LogP contribution in [0.4, 0.5) is 0 Å². The van der Waals surface area contributed by atoms with Crippen LogP contribution < -0.4 is 21.7 Å². The molecule has 5 aromatic rings. The summed E-state index contributed by atoms with van der Waals surface area (Å²) in [5.41, 5.74) is 9.93. The second-order valence-electron chi connectivity index (χ2n) is 11.8. The van der Waals surface area contributed by atoms with E-state index in [1.54, 1.807) is 18.6 Å². The van der Waals surface area contributed by atoms with E-state index in [9.17, 15) is 24.3 Å². The largest absolute Gasteiger partial charge is 0.480 e. The Bertz CT molecular complexity index is 1850. The van der Waals surface area contributed by atoms with Crippen LogP contribution in [0.5, 0.6) is 0 Å². The number of benzene rings is 2. The van der Waals surface area contributed by atoms with Crippen LogP contribution in [-0.2, 0) is 38.4 Å². The first-order valence-corrected chi connectivity index (χ1v) is 15.6. The van der Waals surface area contributed by atoms with Gasteiger partial charge in [-0.05, 0) is 29.2 Å². The summed E-state index contributed by atoms with van der Waals surface area (Å²) >= 11 is 0. The number of hydrogen-bond donors (Lipinski definition) is 8. The molecular formula is C34H40N8O5. The Morgan fingerprint density at radius 3 is 1.81 bits per heavy atom. The van der Waals surface area contributed by atoms with Crippen molar-refractivity contribution in [3.63, 3.8) is 0 Å². The summed E-state index contributed by atoms with van der Waals surface area (Å²) in [4.78, 5) is 66.5. The van der Waals surface area contributed by atoms with Gasteiger partial charge < -0.3 is 41.7 Å². The van der Waals surface area contributed by atoms with Crippen LogP contribution in [0.25, 0.3) is 21.8 Å². The van der Waals surface area contributed by atoms with Crippen LogP contribution in [0, 0.1) is 5.92 Å². The molecule has 246 valence electrons. The van der Waals surface area contributed by atoms with E-state index >= 15 is 0 Å². The molecule has 13 nitrogen and oxygen atoms in total. The number of hydrogen-bond acceptors (Lipinski definition) is 6. The molecule has 3 heterocycles. The molecule has 0 radical (unpaired) electrons. The maximum absolute atomic E-state index is 13.9. The van der Waals surface area contributed by atoms with Gasteiger partial charge in [0.2, 0.25) is 17.7 Å². The molecule has 0 saturated heterocycles. The fraction of sp³-hybridized carbons (Fsp3) is 0.324. The van der Waals surface area contributed by atoms with E-state index in [4.69, 9.17) is 5.73 Å². The van der Waals surface area contributed by atoms with Crippen LogP contribution in [0.15, 0.2) is 73.4 Å². The molecule has 9 N–H and O–H groups in total. The van der Waals surface area contributed by atoms with Gasteiger partial charge >= 0.3 is 5.97 Å². The summed E-state index contributed by atoms with van der Waals surface area (Å²) in [6, 6.07) is 10.6. The van der Waals surface area contributed by atoms with E-state index in [0.29, 0.717) is 12.1 Å². The normalized spacial score (nSPS) is 14.6. The third-order valence-corrected chi connectivity index (χ3v) is 8.62. The first kappa shape index (κ1) is 32.9. The number of fused-ring (bicyclic) bond motifs is 2. The van der Waals surface area contributed by atoms with Crippen molar-refractivity contribution < 1.29 is 24.3 Å². The van der Waals surface area contributed by atoms with Gasteiger partial charge in [0.1, 0.15) is 18.1 Å². The molecule has 13 heteroatoms. The predicted octanol–water partition coefficient (Wildman–Crippen LogP) is 2.31. The monoisotopic (exact) mass is 640 g/mol. The summed E-state index contributed by atoms with van der Waals surface area (Å²) in [6.07, 6.45) is 7.29. The Morgan fingerprint density at radius 2 is 1.28 bits per heavy atom. The minimum atomic E-state index is -1.28. The van der Waals surface area contributed by atoms with Crippen molar-refractivity contribution in [1.29, 1.82) is 0 Å². The van der Waals surface area contributed by atoms with E-state index in [1.165, 1.54) is 6.33 Å². The van der Waals surface area contributed by atoms with Gasteiger partial charge in [0.25, 0.3) is 0 Å². The van der Waals surface area contributed by atoms with Crippen molar-refractivity contribution in [2.75, 3.05) is 0 Å². The van der Waals surface area contributed by atoms with Crippen LogP contribution in [0.2, 0.25) is 0 Å². The number of para-hydroxylation sites is 2. The lowest BCUT2D eigenvalue weighted by atomic mass is 9.98. The lowest BCUT2D eigenvalue weighted by molar-refractivity contribution is -0.142. The average Bonchev–Trinajstić information content (AvgIpc) is 3.84. The zero-order chi connectivity index (χ0) is 33.5. The number of nitrogens with zero attached hydrogens (tertiary/aromatic N) is 1. The van der Waals surface area contributed by atoms with Gasteiger partial charge in [-0.2, -0.15) is 0 Å². The van der Waals surface area contributed by atoms with Crippen LogP contribution in [-0.4, -0.2) is 72.9 Å². The van der Waals surface area contributed by atoms with Crippen LogP contribution in [0.1, 0.15) is 37.1 Å². The fourth-order valence-corrected chi connectivity index (χ4v) is 5.60. The molecule has 47 heavy (non-hydrogen) atoms. The number of carboxylic acids is 1. The highest BCUT2D eigenvalue weighted by molar-refractivity contribution is 5.95. The maximum Gasteiger partial charge on any atom is 0.326 e. The standard InChI is InChI=1S/C34H40N8O5/c1-3-19(2)30(35)33(45)41-28(14-22-17-36-18-39-22)32(44)40-27(12-20-15-37-25-10-6-4-8-23(20)25)31(43)42-29(34(46)47)13-21-16-38-26-11-7-5-9-24(21)26/h4-11,15-19,27-30,37-38H,3,12-14,35H2,1-2H3,(H,36,39)(H,40,44)(H,41,45)(H,42,43)(H,46,47). The SMILES string of the molecule is CCC(C)C(N)C(=O)NC(Cc1cnc[nH]1)C(=O)NC(Cc1c[nH]c2ccccc12)C(=O)NC(Cc1c[nH]c2ccccc12)C(=O)O. The first-order chi connectivity index (χ1) is 22.6. The molecule has 3 aromatic heterocycles. The first-order valence-electron chi connectivity index (χ1n) is 15.6. The average molecular weight is 641 g/mol. The number of aliphatic carboxylic acids is 1. The zero-order valence-electron chi connectivity index (χ0n) is 26.2. The molecule has 5 unspecified atom stereocenters. The summed E-state index contributed by atoms with van der Waals surface area (Å²) in [6.45, 7) is 3.77. The Morgan fingerprint density at radius 1 is 0.766 bits per heavy atom. The minimum Gasteiger partial charge on any atom is -0.480 e. The molecule has 2 aromatic carbocycles. The summed E-state index contributed by atoms with van der Waals surface area (Å²) in [5.74, 6) is -3.16. The van der Waals surface area contributed by atoms with Gasteiger partial charge in [-0.15, -0.1) is 0 Å². The van der Waals surface area contributed by atoms with Crippen molar-refractivity contribution in [1.82, 2.24) is 35.9 Å². The van der Waals surface area contributed by atoms with E-state index < -0.39 is 47.9 Å². The number of aromatic amines is 3. The number of aromatic nitrogens is 4. The summed E-state index contributed by atoms with van der Waals surface area (Å²) < 4.78 is 0. The Labute approximate surface area is 271 Å². The number of imidazole rings is 1. The second-order valence-corrected chi connectivity index (χ2v) is 11.8. The lowest BCUT2D eigenvalue weighted by Gasteiger charge is -2.26. The molecule has 0 bridgehead atoms. The third-order valence-electron chi connectivity index (χ3n) is 8.62. The molecule has 0 saturated carbocycles. The highest BCUT2D eigenvalue weighted by atomic mass is 16.4. The van der Waals surface area contributed by atoms with E-state index in [1.807, 2.05) is 62.4 Å². The fourth-order valence-electron chi connectivity index (χ4n) is 5.60. The number of amides is 3. The molecule has 0 aliphatic rings. The van der Waals surface area contributed by atoms with Crippen molar-refractivity contribution in [3.8, 4) is 0 Å². The molecule has 0 spiro atoms. The van der Waals surface area contributed by atoms with Crippen molar-refractivity contribution >= 4 is 45.5 Å². The molecule has 0 aliphatic carbocycles. The maximum atomic E-state index is 13.9. The number of carboxylic acid groups (broad SMARTS) is 1. The lowest BCUT2D eigenvalue weighted by Crippen LogP contribution is -2.58. The second kappa shape index (κ2) is 14.8. The highest BCUT2D eigenvalue weighted by Gasteiger charge is 2.32. The number of carbonyl (C=O) groups is 4. The number of rotatable bonds is 15. The summed E-state index contributed by atoms with van der Waals surface area (Å²) in [5, 5.41) is 20.0. The quantitative estimate of drug-likeness (QED) is 0.0855. The van der Waals surface area contributed by atoms with Gasteiger partial charge in [-0.25, -0.2) is 9.78 Å². The van der Waals surface area contributed by atoms with Gasteiger partial charge in [0.15, 0.2) is 0 Å². The molecule has 5 rings (SSSR count). The number of nitrogens with two attached hydrogens (primary N) is 1. The van der Waals surface area contributed by atoms with Gasteiger partial charge in [0, 0.05) is 65.4 Å². The smallest absolute Gasteiger partial charge is 0.326 e. The molecule has 3 amide bonds. The highest BCUT2D eigenvalue weighted by Crippen LogP contribution is 2.21. The number of carbonyl (C=O) groups excluding carboxylic acids is 3. The van der Waals surface area contributed by atoms with Crippen LogP contribution in [0.3, 0.4) is 0 Å². The topological polar surface area (TPSA) is 211 Å². The van der Waals surface area contributed by atoms with Crippen LogP contribution >= 0.6 is 0 Å². The Balaban J connectivity index is 1.41. The van der Waals surface area contributed by atoms with Gasteiger partial charge in [-0.1, -0.05) is 56.7 Å². The number of nitrogens with one attached hydrogen (secondary N) is 6. The predicted molar refractivity (Wildman–Crippen MR) is 177 cm³/mol. The van der Waals surface area contributed by atoms with Crippen molar-refractivity contribution in [2.24, 2.45) is 11.7 Å². The van der Waals surface area contributed by atoms with E-state index in [2.05, 4.69) is 35.9 Å². The zero-order valence-corrected chi connectivity index (χ0v) is 26.2. The van der Waals surface area contributed by atoms with Gasteiger partial charge in [0.05, 0.1) is 12.4 Å². The molecule has 0 aliphatic heterocycles. The van der Waals surface area contributed by atoms with Crippen molar-refractivity contribution in [3.05, 3.63) is 90.3 Å². The van der Waals surface area contributed by atoms with E-state index in [-0.39, 0.29) is 25.2 Å². The van der Waals surface area contributed by atoms with Gasteiger partial charge in [-0.3, -0.25) is 14.4 Å². The number of H-pyrrole nitrogens is 3. The Hall–Kier alpha value is -5.43. The molecular weight excluding hydrogens is 600 g/mol. The minimum absolute atomic E-state index is 0.0187. The summed E-state index contributed by atoms with van der Waals surface area (Å²) in [7, 11) is 0. The van der Waals surface area contributed by atoms with Crippen molar-refractivity contribution in [2.45, 2.75) is 63.7 Å². The third kappa shape index (κ3) is 7.87. The molecule has 5 atom stereocenters. The Kier molecular flexibility index (Phi) is 10.4. The molecule has 0 fully saturated rings. The van der Waals surface area contributed by atoms with E-state index in [0.717, 1.165) is 32.9 Å².